The molecule has 1 aromatic rings. The van der Waals surface area contributed by atoms with Crippen LogP contribution in [-0.4, -0.2) is 19.0 Å². The number of allylic oxidation sites excluding steroid dienone is 1. The van der Waals surface area contributed by atoms with Gasteiger partial charge in [0.1, 0.15) is 12.4 Å². The maximum absolute atomic E-state index is 12.3. The monoisotopic (exact) mass is 230 g/mol. The first kappa shape index (κ1) is 10.4. The fraction of sp³-hybridized carbons (Fsp3) is 0.357. The summed E-state index contributed by atoms with van der Waals surface area (Å²) in [5, 5.41) is 0. The molecule has 2 heterocycles. The Morgan fingerprint density at radius 1 is 1.29 bits per heavy atom. The fourth-order valence-corrected chi connectivity index (χ4v) is 2.35. The van der Waals surface area contributed by atoms with Crippen LogP contribution in [0.3, 0.4) is 0 Å². The second-order valence-corrected chi connectivity index (χ2v) is 4.38. The first-order valence-electron chi connectivity index (χ1n) is 5.93. The van der Waals surface area contributed by atoms with Crippen LogP contribution < -0.4 is 4.74 Å². The number of rotatable bonds is 2. The number of carbonyl (C=O) groups is 1. The third kappa shape index (κ3) is 1.82. The summed E-state index contributed by atoms with van der Waals surface area (Å²) in [4.78, 5) is 12.3. The second kappa shape index (κ2) is 4.24. The van der Waals surface area contributed by atoms with Gasteiger partial charge in [-0.05, 0) is 18.9 Å². The normalized spacial score (nSPS) is 22.1. The van der Waals surface area contributed by atoms with Crippen molar-refractivity contribution in [1.82, 2.24) is 0 Å². The summed E-state index contributed by atoms with van der Waals surface area (Å²) in [6.45, 7) is 1.17. The molecule has 0 bridgehead atoms. The number of hydrogen-bond acceptors (Lipinski definition) is 3. The fourth-order valence-electron chi connectivity index (χ4n) is 2.35. The average molecular weight is 230 g/mol. The van der Waals surface area contributed by atoms with Crippen molar-refractivity contribution in [3.63, 3.8) is 0 Å². The van der Waals surface area contributed by atoms with E-state index in [1.54, 1.807) is 6.26 Å². The van der Waals surface area contributed by atoms with Crippen LogP contribution in [0.1, 0.15) is 24.3 Å². The van der Waals surface area contributed by atoms with E-state index in [9.17, 15) is 4.79 Å². The minimum Gasteiger partial charge on any atom is -0.501 e. The van der Waals surface area contributed by atoms with Crippen LogP contribution in [-0.2, 0) is 9.53 Å². The number of hydrogen-bond donors (Lipinski definition) is 0. The number of Topliss-reactive ketones (excluding diaryl/α,β-unsaturated/α-hetero) is 1. The summed E-state index contributed by atoms with van der Waals surface area (Å²) in [5.41, 5.74) is 1.80. The number of para-hydroxylation sites is 1. The molecule has 1 aromatic carbocycles. The number of benzene rings is 1. The highest BCUT2D eigenvalue weighted by atomic mass is 16.5. The zero-order chi connectivity index (χ0) is 11.7. The number of fused-ring (bicyclic) bond motifs is 1. The van der Waals surface area contributed by atoms with Gasteiger partial charge in [0.2, 0.25) is 0 Å². The average Bonchev–Trinajstić information content (AvgIpc) is 2.83. The quantitative estimate of drug-likeness (QED) is 0.782. The van der Waals surface area contributed by atoms with Crippen molar-refractivity contribution >= 4 is 5.78 Å². The van der Waals surface area contributed by atoms with Crippen LogP contribution in [0, 0.1) is 0 Å². The molecule has 2 aliphatic heterocycles. The lowest BCUT2D eigenvalue weighted by Gasteiger charge is -2.15. The molecule has 88 valence electrons. The molecule has 0 aromatic heterocycles. The Morgan fingerprint density at radius 2 is 2.18 bits per heavy atom. The molecule has 0 aliphatic carbocycles. The summed E-state index contributed by atoms with van der Waals surface area (Å²) in [7, 11) is 0. The van der Waals surface area contributed by atoms with Gasteiger partial charge in [0, 0.05) is 11.1 Å². The summed E-state index contributed by atoms with van der Waals surface area (Å²) >= 11 is 0. The molecule has 17 heavy (non-hydrogen) atoms. The van der Waals surface area contributed by atoms with Crippen LogP contribution >= 0.6 is 0 Å². The van der Waals surface area contributed by atoms with E-state index < -0.39 is 0 Å². The first-order valence-corrected chi connectivity index (χ1v) is 5.93. The smallest absolute Gasteiger partial charge is 0.172 e. The van der Waals surface area contributed by atoms with E-state index in [1.807, 2.05) is 24.3 Å². The highest BCUT2D eigenvalue weighted by molar-refractivity contribution is 6.01. The number of ether oxygens (including phenoxy) is 2. The van der Waals surface area contributed by atoms with Gasteiger partial charge in [0.05, 0.1) is 18.8 Å². The Labute approximate surface area is 100 Å². The molecule has 2 aliphatic rings. The van der Waals surface area contributed by atoms with Gasteiger partial charge in [-0.1, -0.05) is 18.2 Å². The minimum absolute atomic E-state index is 0.148. The SMILES string of the molecule is O=C(C1=COCCC1)C1COc2ccccc21. The van der Waals surface area contributed by atoms with Crippen LogP contribution in [0.15, 0.2) is 36.1 Å². The highest BCUT2D eigenvalue weighted by Crippen LogP contribution is 2.36. The standard InChI is InChI=1S/C14H14O3/c15-14(10-4-3-7-16-8-10)12-9-17-13-6-2-1-5-11(12)13/h1-2,5-6,8,12H,3-4,7,9H2. The van der Waals surface area contributed by atoms with Gasteiger partial charge in [-0.15, -0.1) is 0 Å². The Hall–Kier alpha value is -1.77. The Kier molecular flexibility index (Phi) is 2.59. The first-order chi connectivity index (χ1) is 8.36. The van der Waals surface area contributed by atoms with Crippen molar-refractivity contribution in [3.8, 4) is 5.75 Å². The van der Waals surface area contributed by atoms with Gasteiger partial charge in [-0.25, -0.2) is 0 Å². The maximum Gasteiger partial charge on any atom is 0.172 e. The Morgan fingerprint density at radius 3 is 3.00 bits per heavy atom. The highest BCUT2D eigenvalue weighted by Gasteiger charge is 2.32. The maximum atomic E-state index is 12.3. The molecule has 0 saturated heterocycles. The van der Waals surface area contributed by atoms with Gasteiger partial charge in [-0.2, -0.15) is 0 Å². The second-order valence-electron chi connectivity index (χ2n) is 4.38. The molecule has 0 fully saturated rings. The number of ketones is 1. The van der Waals surface area contributed by atoms with Gasteiger partial charge in [0.25, 0.3) is 0 Å². The zero-order valence-electron chi connectivity index (χ0n) is 9.52. The van der Waals surface area contributed by atoms with Crippen LogP contribution in [0.4, 0.5) is 0 Å². The number of carbonyl (C=O) groups excluding carboxylic acids is 1. The molecule has 0 N–H and O–H groups in total. The molecule has 1 atom stereocenters. The van der Waals surface area contributed by atoms with Gasteiger partial charge in [-0.3, -0.25) is 4.79 Å². The van der Waals surface area contributed by atoms with Crippen molar-refractivity contribution in [2.24, 2.45) is 0 Å². The topological polar surface area (TPSA) is 35.5 Å². The molecular formula is C14H14O3. The zero-order valence-corrected chi connectivity index (χ0v) is 9.52. The van der Waals surface area contributed by atoms with E-state index in [-0.39, 0.29) is 11.7 Å². The third-order valence-electron chi connectivity index (χ3n) is 3.27. The lowest BCUT2D eigenvalue weighted by Crippen LogP contribution is -2.18. The van der Waals surface area contributed by atoms with E-state index in [0.717, 1.165) is 29.7 Å². The molecule has 3 heteroatoms. The van der Waals surface area contributed by atoms with E-state index in [0.29, 0.717) is 13.2 Å². The molecule has 0 saturated carbocycles. The summed E-state index contributed by atoms with van der Waals surface area (Å²) < 4.78 is 10.8. The minimum atomic E-state index is -0.154. The summed E-state index contributed by atoms with van der Waals surface area (Å²) in [5.74, 6) is 0.831. The predicted octanol–water partition coefficient (Wildman–Crippen LogP) is 2.43. The molecule has 0 amide bonds. The molecule has 3 rings (SSSR count). The van der Waals surface area contributed by atoms with Gasteiger partial charge < -0.3 is 9.47 Å². The van der Waals surface area contributed by atoms with Gasteiger partial charge >= 0.3 is 0 Å². The predicted molar refractivity (Wildman–Crippen MR) is 63.0 cm³/mol. The molecular weight excluding hydrogens is 216 g/mol. The van der Waals surface area contributed by atoms with Crippen molar-refractivity contribution in [2.45, 2.75) is 18.8 Å². The van der Waals surface area contributed by atoms with Crippen molar-refractivity contribution < 1.29 is 14.3 Å². The van der Waals surface area contributed by atoms with Crippen LogP contribution in [0.5, 0.6) is 5.75 Å². The van der Waals surface area contributed by atoms with E-state index in [1.165, 1.54) is 0 Å². The van der Waals surface area contributed by atoms with Crippen molar-refractivity contribution in [2.75, 3.05) is 13.2 Å². The van der Waals surface area contributed by atoms with Crippen molar-refractivity contribution in [1.29, 1.82) is 0 Å². The summed E-state index contributed by atoms with van der Waals surface area (Å²) in [6.07, 6.45) is 3.36. The lowest BCUT2D eigenvalue weighted by molar-refractivity contribution is -0.117. The molecule has 0 radical (unpaired) electrons. The van der Waals surface area contributed by atoms with Crippen LogP contribution in [0.2, 0.25) is 0 Å². The van der Waals surface area contributed by atoms with E-state index in [4.69, 9.17) is 9.47 Å². The van der Waals surface area contributed by atoms with E-state index >= 15 is 0 Å². The largest absolute Gasteiger partial charge is 0.501 e. The molecule has 1 unspecified atom stereocenters. The molecule has 3 nitrogen and oxygen atoms in total. The Balaban J connectivity index is 1.87. The molecule has 0 spiro atoms. The van der Waals surface area contributed by atoms with E-state index in [2.05, 4.69) is 0 Å². The van der Waals surface area contributed by atoms with Crippen LogP contribution in [0.25, 0.3) is 0 Å². The van der Waals surface area contributed by atoms with Gasteiger partial charge in [0.15, 0.2) is 5.78 Å². The van der Waals surface area contributed by atoms with Crippen molar-refractivity contribution in [3.05, 3.63) is 41.7 Å². The third-order valence-corrected chi connectivity index (χ3v) is 3.27. The Bertz CT molecular complexity index is 476. The lowest BCUT2D eigenvalue weighted by atomic mass is 9.90. The summed E-state index contributed by atoms with van der Waals surface area (Å²) in [6, 6.07) is 7.75.